The van der Waals surface area contributed by atoms with Gasteiger partial charge in [0, 0.05) is 24.6 Å². The lowest BCUT2D eigenvalue weighted by Crippen LogP contribution is -2.50. The number of carboxylic acid groups (broad SMARTS) is 1. The van der Waals surface area contributed by atoms with E-state index < -0.39 is 5.97 Å². The quantitative estimate of drug-likeness (QED) is 0.871. The first kappa shape index (κ1) is 12.4. The van der Waals surface area contributed by atoms with E-state index in [0.29, 0.717) is 24.4 Å². The van der Waals surface area contributed by atoms with Gasteiger partial charge in [0.25, 0.3) is 5.91 Å². The fraction of sp³-hybridized carbons (Fsp3) is 0.385. The Balaban J connectivity index is 1.95. The second kappa shape index (κ2) is 5.08. The van der Waals surface area contributed by atoms with E-state index in [-0.39, 0.29) is 18.2 Å². The van der Waals surface area contributed by atoms with Crippen molar-refractivity contribution in [2.75, 3.05) is 20.2 Å². The van der Waals surface area contributed by atoms with Gasteiger partial charge in [-0.1, -0.05) is 6.07 Å². The summed E-state index contributed by atoms with van der Waals surface area (Å²) in [5.74, 6) is -0.162. The number of carbonyl (C=O) groups is 2. The Morgan fingerprint density at radius 1 is 1.44 bits per heavy atom. The molecule has 1 N–H and O–H groups in total. The second-order valence-corrected chi connectivity index (χ2v) is 4.41. The van der Waals surface area contributed by atoms with Gasteiger partial charge in [-0.15, -0.1) is 0 Å². The molecule has 1 heterocycles. The highest BCUT2D eigenvalue weighted by molar-refractivity contribution is 5.95. The van der Waals surface area contributed by atoms with Crippen LogP contribution >= 0.6 is 0 Å². The van der Waals surface area contributed by atoms with Gasteiger partial charge in [0.15, 0.2) is 0 Å². The summed E-state index contributed by atoms with van der Waals surface area (Å²) in [5.41, 5.74) is 0.572. The minimum absolute atomic E-state index is 0.0736. The number of carbonyl (C=O) groups excluding carboxylic acids is 1. The third-order valence-corrected chi connectivity index (χ3v) is 3.02. The lowest BCUT2D eigenvalue weighted by atomic mass is 9.95. The van der Waals surface area contributed by atoms with Crippen LogP contribution in [-0.2, 0) is 4.79 Å². The lowest BCUT2D eigenvalue weighted by molar-refractivity contribution is -0.139. The van der Waals surface area contributed by atoms with Gasteiger partial charge in [-0.05, 0) is 18.2 Å². The van der Waals surface area contributed by atoms with Gasteiger partial charge < -0.3 is 14.7 Å². The van der Waals surface area contributed by atoms with E-state index in [9.17, 15) is 9.59 Å². The van der Waals surface area contributed by atoms with Crippen LogP contribution in [0, 0.1) is 5.92 Å². The molecule has 2 rings (SSSR count). The summed E-state index contributed by atoms with van der Waals surface area (Å²) in [7, 11) is 1.55. The van der Waals surface area contributed by atoms with Crippen molar-refractivity contribution in [2.24, 2.45) is 5.92 Å². The topological polar surface area (TPSA) is 66.8 Å². The summed E-state index contributed by atoms with van der Waals surface area (Å²) >= 11 is 0. The molecule has 0 aliphatic carbocycles. The smallest absolute Gasteiger partial charge is 0.303 e. The number of ether oxygens (including phenoxy) is 1. The molecule has 0 aromatic heterocycles. The van der Waals surface area contributed by atoms with Crippen molar-refractivity contribution in [3.8, 4) is 5.75 Å². The van der Waals surface area contributed by atoms with Crippen LogP contribution in [0.4, 0.5) is 0 Å². The van der Waals surface area contributed by atoms with Crippen molar-refractivity contribution >= 4 is 11.9 Å². The maximum atomic E-state index is 12.0. The van der Waals surface area contributed by atoms with Crippen LogP contribution in [0.3, 0.4) is 0 Å². The van der Waals surface area contributed by atoms with E-state index in [0.717, 1.165) is 0 Å². The van der Waals surface area contributed by atoms with Crippen molar-refractivity contribution in [3.05, 3.63) is 29.8 Å². The van der Waals surface area contributed by atoms with Crippen LogP contribution in [-0.4, -0.2) is 42.1 Å². The largest absolute Gasteiger partial charge is 0.497 e. The van der Waals surface area contributed by atoms with Crippen LogP contribution in [0.1, 0.15) is 16.8 Å². The van der Waals surface area contributed by atoms with E-state index in [1.54, 1.807) is 36.3 Å². The zero-order chi connectivity index (χ0) is 13.1. The minimum atomic E-state index is -0.812. The van der Waals surface area contributed by atoms with Crippen LogP contribution in [0.5, 0.6) is 5.75 Å². The van der Waals surface area contributed by atoms with Crippen LogP contribution in [0.2, 0.25) is 0 Å². The third kappa shape index (κ3) is 2.61. The normalized spacial score (nSPS) is 15.1. The summed E-state index contributed by atoms with van der Waals surface area (Å²) in [6.45, 7) is 1.03. The van der Waals surface area contributed by atoms with Gasteiger partial charge in [-0.25, -0.2) is 0 Å². The molecule has 18 heavy (non-hydrogen) atoms. The zero-order valence-electron chi connectivity index (χ0n) is 10.1. The van der Waals surface area contributed by atoms with E-state index >= 15 is 0 Å². The molecule has 1 aromatic carbocycles. The number of likely N-dealkylation sites (tertiary alicyclic amines) is 1. The van der Waals surface area contributed by atoms with Gasteiger partial charge in [0.05, 0.1) is 13.5 Å². The van der Waals surface area contributed by atoms with E-state index in [4.69, 9.17) is 9.84 Å². The summed E-state index contributed by atoms with van der Waals surface area (Å²) < 4.78 is 5.06. The number of rotatable bonds is 4. The van der Waals surface area contributed by atoms with Gasteiger partial charge in [0.1, 0.15) is 5.75 Å². The van der Waals surface area contributed by atoms with Gasteiger partial charge in [-0.3, -0.25) is 9.59 Å². The molecule has 0 saturated carbocycles. The Morgan fingerprint density at radius 3 is 2.78 bits per heavy atom. The maximum Gasteiger partial charge on any atom is 0.303 e. The molecular weight excluding hydrogens is 234 g/mol. The Hall–Kier alpha value is -2.04. The Bertz CT molecular complexity index is 466. The predicted octanol–water partition coefficient (Wildman–Crippen LogP) is 1.24. The molecule has 1 saturated heterocycles. The molecule has 1 amide bonds. The van der Waals surface area contributed by atoms with Crippen molar-refractivity contribution < 1.29 is 19.4 Å². The number of amides is 1. The first-order valence-electron chi connectivity index (χ1n) is 5.75. The number of benzene rings is 1. The van der Waals surface area contributed by atoms with E-state index in [1.165, 1.54) is 0 Å². The number of carboxylic acids is 1. The SMILES string of the molecule is COc1cccc(C(=O)N2CC(CC(=O)O)C2)c1. The van der Waals surface area contributed by atoms with Gasteiger partial charge >= 0.3 is 5.97 Å². The van der Waals surface area contributed by atoms with Gasteiger partial charge in [-0.2, -0.15) is 0 Å². The average molecular weight is 249 g/mol. The summed E-state index contributed by atoms with van der Waals surface area (Å²) in [6, 6.07) is 6.96. The summed E-state index contributed by atoms with van der Waals surface area (Å²) in [4.78, 5) is 24.2. The number of methoxy groups -OCH3 is 1. The Morgan fingerprint density at radius 2 is 2.17 bits per heavy atom. The lowest BCUT2D eigenvalue weighted by Gasteiger charge is -2.38. The van der Waals surface area contributed by atoms with Crippen LogP contribution in [0.15, 0.2) is 24.3 Å². The van der Waals surface area contributed by atoms with E-state index in [1.807, 2.05) is 0 Å². The molecule has 1 fully saturated rings. The molecule has 0 atom stereocenters. The molecule has 5 nitrogen and oxygen atoms in total. The number of hydrogen-bond donors (Lipinski definition) is 1. The fourth-order valence-corrected chi connectivity index (χ4v) is 2.05. The molecule has 5 heteroatoms. The highest BCUT2D eigenvalue weighted by atomic mass is 16.5. The average Bonchev–Trinajstić information content (AvgIpc) is 2.32. The summed E-state index contributed by atoms with van der Waals surface area (Å²) in [5, 5.41) is 8.64. The monoisotopic (exact) mass is 249 g/mol. The summed E-state index contributed by atoms with van der Waals surface area (Å²) in [6.07, 6.45) is 0.127. The van der Waals surface area contributed by atoms with Crippen molar-refractivity contribution in [2.45, 2.75) is 6.42 Å². The number of aliphatic carboxylic acids is 1. The molecule has 96 valence electrons. The van der Waals surface area contributed by atoms with Crippen molar-refractivity contribution in [1.29, 1.82) is 0 Å². The molecule has 1 aromatic rings. The molecule has 1 aliphatic heterocycles. The molecule has 0 spiro atoms. The molecule has 0 bridgehead atoms. The minimum Gasteiger partial charge on any atom is -0.497 e. The number of nitrogens with zero attached hydrogens (tertiary/aromatic N) is 1. The van der Waals surface area contributed by atoms with Crippen molar-refractivity contribution in [1.82, 2.24) is 4.90 Å². The number of hydrogen-bond acceptors (Lipinski definition) is 3. The Kier molecular flexibility index (Phi) is 3.50. The molecule has 0 radical (unpaired) electrons. The zero-order valence-corrected chi connectivity index (χ0v) is 10.1. The molecule has 1 aliphatic rings. The highest BCUT2D eigenvalue weighted by Gasteiger charge is 2.32. The van der Waals surface area contributed by atoms with Gasteiger partial charge in [0.2, 0.25) is 0 Å². The standard InChI is InChI=1S/C13H15NO4/c1-18-11-4-2-3-10(6-11)13(17)14-7-9(8-14)5-12(15)16/h2-4,6,9H,5,7-8H2,1H3,(H,15,16). The second-order valence-electron chi connectivity index (χ2n) is 4.41. The van der Waals surface area contributed by atoms with E-state index in [2.05, 4.69) is 0 Å². The van der Waals surface area contributed by atoms with Crippen LogP contribution in [0.25, 0.3) is 0 Å². The molecule has 0 unspecified atom stereocenters. The maximum absolute atomic E-state index is 12.0. The van der Waals surface area contributed by atoms with Crippen molar-refractivity contribution in [3.63, 3.8) is 0 Å². The molecular formula is C13H15NO4. The fourth-order valence-electron chi connectivity index (χ4n) is 2.05. The Labute approximate surface area is 105 Å². The first-order valence-corrected chi connectivity index (χ1v) is 5.75. The van der Waals surface area contributed by atoms with Crippen LogP contribution < -0.4 is 4.74 Å². The first-order chi connectivity index (χ1) is 8.60. The highest BCUT2D eigenvalue weighted by Crippen LogP contribution is 2.22. The predicted molar refractivity (Wildman–Crippen MR) is 64.6 cm³/mol. The third-order valence-electron chi connectivity index (χ3n) is 3.02.